The standard InChI is InChI=1S/C15H20FN3O/c1-18(10-12-9-17-19(2)11-12)8-7-15(20)13-5-3-4-6-14(13)16/h3-6,9,11,15,20H,7-8,10H2,1-2H3. The molecule has 4 nitrogen and oxygen atoms in total. The minimum atomic E-state index is -0.771. The summed E-state index contributed by atoms with van der Waals surface area (Å²) in [6, 6.07) is 6.36. The molecular formula is C15H20FN3O. The fourth-order valence-corrected chi connectivity index (χ4v) is 2.19. The van der Waals surface area contributed by atoms with Crippen LogP contribution >= 0.6 is 0 Å². The average molecular weight is 277 g/mol. The van der Waals surface area contributed by atoms with Gasteiger partial charge < -0.3 is 10.0 Å². The highest BCUT2D eigenvalue weighted by molar-refractivity contribution is 5.19. The normalized spacial score (nSPS) is 12.8. The smallest absolute Gasteiger partial charge is 0.128 e. The number of aliphatic hydroxyl groups excluding tert-OH is 1. The van der Waals surface area contributed by atoms with E-state index in [1.54, 1.807) is 22.9 Å². The maximum Gasteiger partial charge on any atom is 0.128 e. The summed E-state index contributed by atoms with van der Waals surface area (Å²) in [6.45, 7) is 1.45. The van der Waals surface area contributed by atoms with E-state index in [2.05, 4.69) is 10.00 Å². The van der Waals surface area contributed by atoms with Gasteiger partial charge in [-0.05, 0) is 19.5 Å². The average Bonchev–Trinajstić information content (AvgIpc) is 2.82. The zero-order valence-corrected chi connectivity index (χ0v) is 11.8. The Morgan fingerprint density at radius 1 is 1.40 bits per heavy atom. The number of halogens is 1. The Bertz CT molecular complexity index is 556. The largest absolute Gasteiger partial charge is 0.388 e. The van der Waals surface area contributed by atoms with Crippen molar-refractivity contribution in [2.75, 3.05) is 13.6 Å². The van der Waals surface area contributed by atoms with Crippen LogP contribution < -0.4 is 0 Å². The molecule has 1 N–H and O–H groups in total. The third-order valence-electron chi connectivity index (χ3n) is 3.26. The maximum atomic E-state index is 13.5. The molecule has 0 aliphatic carbocycles. The minimum Gasteiger partial charge on any atom is -0.388 e. The fourth-order valence-electron chi connectivity index (χ4n) is 2.19. The number of aromatic nitrogens is 2. The SMILES string of the molecule is CN(CCC(O)c1ccccc1F)Cc1cnn(C)c1. The molecule has 0 fully saturated rings. The van der Waals surface area contributed by atoms with Gasteiger partial charge in [-0.3, -0.25) is 4.68 Å². The summed E-state index contributed by atoms with van der Waals surface area (Å²) in [5.74, 6) is -0.352. The van der Waals surface area contributed by atoms with Gasteiger partial charge in [0, 0.05) is 37.5 Å². The summed E-state index contributed by atoms with van der Waals surface area (Å²) >= 11 is 0. The molecule has 1 unspecified atom stereocenters. The third-order valence-corrected chi connectivity index (χ3v) is 3.26. The molecule has 0 aliphatic heterocycles. The Balaban J connectivity index is 1.84. The van der Waals surface area contributed by atoms with E-state index in [-0.39, 0.29) is 5.82 Å². The van der Waals surface area contributed by atoms with E-state index in [9.17, 15) is 9.50 Å². The van der Waals surface area contributed by atoms with Crippen molar-refractivity contribution in [3.63, 3.8) is 0 Å². The second kappa shape index (κ2) is 6.63. The third kappa shape index (κ3) is 3.88. The van der Waals surface area contributed by atoms with Crippen molar-refractivity contribution in [1.82, 2.24) is 14.7 Å². The number of hydrogen-bond acceptors (Lipinski definition) is 3. The predicted molar refractivity (Wildman–Crippen MR) is 75.5 cm³/mol. The lowest BCUT2D eigenvalue weighted by Crippen LogP contribution is -2.21. The first-order valence-electron chi connectivity index (χ1n) is 6.65. The van der Waals surface area contributed by atoms with Crippen molar-refractivity contribution in [1.29, 1.82) is 0 Å². The molecule has 108 valence electrons. The van der Waals surface area contributed by atoms with Crippen LogP contribution in [-0.4, -0.2) is 33.4 Å². The maximum absolute atomic E-state index is 13.5. The number of aliphatic hydroxyl groups is 1. The Morgan fingerprint density at radius 3 is 2.80 bits per heavy atom. The van der Waals surface area contributed by atoms with Crippen LogP contribution in [-0.2, 0) is 13.6 Å². The number of rotatable bonds is 6. The molecule has 1 heterocycles. The molecule has 0 spiro atoms. The molecule has 20 heavy (non-hydrogen) atoms. The lowest BCUT2D eigenvalue weighted by molar-refractivity contribution is 0.144. The van der Waals surface area contributed by atoms with Gasteiger partial charge in [0.15, 0.2) is 0 Å². The Kier molecular flexibility index (Phi) is 4.87. The van der Waals surface area contributed by atoms with Crippen LogP contribution in [0.2, 0.25) is 0 Å². The van der Waals surface area contributed by atoms with E-state index in [0.717, 1.165) is 12.1 Å². The highest BCUT2D eigenvalue weighted by Gasteiger charge is 2.13. The minimum absolute atomic E-state index is 0.352. The number of hydrogen-bond donors (Lipinski definition) is 1. The Labute approximate surface area is 118 Å². The van der Waals surface area contributed by atoms with Crippen molar-refractivity contribution >= 4 is 0 Å². The summed E-state index contributed by atoms with van der Waals surface area (Å²) in [5.41, 5.74) is 1.48. The van der Waals surface area contributed by atoms with Gasteiger partial charge in [-0.1, -0.05) is 18.2 Å². The first kappa shape index (κ1) is 14.7. The zero-order valence-electron chi connectivity index (χ0n) is 11.8. The summed E-state index contributed by atoms with van der Waals surface area (Å²) < 4.78 is 15.3. The molecule has 0 aliphatic rings. The lowest BCUT2D eigenvalue weighted by Gasteiger charge is -2.18. The van der Waals surface area contributed by atoms with Crippen molar-refractivity contribution in [2.45, 2.75) is 19.1 Å². The van der Waals surface area contributed by atoms with Crippen molar-refractivity contribution in [2.24, 2.45) is 7.05 Å². The van der Waals surface area contributed by atoms with Gasteiger partial charge in [-0.15, -0.1) is 0 Å². The molecule has 0 bridgehead atoms. The molecule has 2 rings (SSSR count). The molecule has 5 heteroatoms. The van der Waals surface area contributed by atoms with Gasteiger partial charge in [0.2, 0.25) is 0 Å². The first-order chi connectivity index (χ1) is 9.56. The molecule has 0 saturated heterocycles. The van der Waals surface area contributed by atoms with E-state index in [1.807, 2.05) is 26.5 Å². The van der Waals surface area contributed by atoms with Gasteiger partial charge in [0.1, 0.15) is 5.82 Å². The van der Waals surface area contributed by atoms with Crippen LogP contribution in [0.5, 0.6) is 0 Å². The van der Waals surface area contributed by atoms with Gasteiger partial charge in [-0.25, -0.2) is 4.39 Å². The van der Waals surface area contributed by atoms with E-state index >= 15 is 0 Å². The topological polar surface area (TPSA) is 41.3 Å². The number of benzene rings is 1. The van der Waals surface area contributed by atoms with Crippen LogP contribution in [0.25, 0.3) is 0 Å². The fraction of sp³-hybridized carbons (Fsp3) is 0.400. The molecule has 0 saturated carbocycles. The lowest BCUT2D eigenvalue weighted by atomic mass is 10.1. The van der Waals surface area contributed by atoms with Crippen LogP contribution in [0.4, 0.5) is 4.39 Å². The van der Waals surface area contributed by atoms with Crippen LogP contribution in [0.3, 0.4) is 0 Å². The van der Waals surface area contributed by atoms with Crippen LogP contribution in [0.1, 0.15) is 23.7 Å². The second-order valence-corrected chi connectivity index (χ2v) is 5.09. The van der Waals surface area contributed by atoms with Gasteiger partial charge in [0.25, 0.3) is 0 Å². The first-order valence-corrected chi connectivity index (χ1v) is 6.65. The molecule has 2 aromatic rings. The summed E-state index contributed by atoms with van der Waals surface area (Å²) in [5, 5.41) is 14.2. The van der Waals surface area contributed by atoms with Crippen molar-refractivity contribution in [3.8, 4) is 0 Å². The molecule has 1 aromatic carbocycles. The van der Waals surface area contributed by atoms with E-state index in [4.69, 9.17) is 0 Å². The molecule has 1 aromatic heterocycles. The zero-order chi connectivity index (χ0) is 14.5. The molecular weight excluding hydrogens is 257 g/mol. The summed E-state index contributed by atoms with van der Waals surface area (Å²) in [7, 11) is 3.85. The molecule has 0 amide bonds. The predicted octanol–water partition coefficient (Wildman–Crippen LogP) is 2.11. The second-order valence-electron chi connectivity index (χ2n) is 5.09. The molecule has 0 radical (unpaired) electrons. The highest BCUT2D eigenvalue weighted by atomic mass is 19.1. The number of nitrogens with zero attached hydrogens (tertiary/aromatic N) is 3. The summed E-state index contributed by atoms with van der Waals surface area (Å²) in [4.78, 5) is 2.08. The van der Waals surface area contributed by atoms with Gasteiger partial charge in [-0.2, -0.15) is 5.10 Å². The monoisotopic (exact) mass is 277 g/mol. The van der Waals surface area contributed by atoms with E-state index in [1.165, 1.54) is 6.07 Å². The molecule has 1 atom stereocenters. The Morgan fingerprint density at radius 2 is 2.15 bits per heavy atom. The van der Waals surface area contributed by atoms with Crippen molar-refractivity contribution in [3.05, 3.63) is 53.6 Å². The van der Waals surface area contributed by atoms with E-state index < -0.39 is 6.10 Å². The summed E-state index contributed by atoms with van der Waals surface area (Å²) in [6.07, 6.45) is 3.51. The van der Waals surface area contributed by atoms with Crippen molar-refractivity contribution < 1.29 is 9.50 Å². The van der Waals surface area contributed by atoms with E-state index in [0.29, 0.717) is 18.5 Å². The van der Waals surface area contributed by atoms with Crippen LogP contribution in [0, 0.1) is 5.82 Å². The van der Waals surface area contributed by atoms with Crippen LogP contribution in [0.15, 0.2) is 36.7 Å². The quantitative estimate of drug-likeness (QED) is 0.879. The highest BCUT2D eigenvalue weighted by Crippen LogP contribution is 2.20. The van der Waals surface area contributed by atoms with Gasteiger partial charge in [0.05, 0.1) is 12.3 Å². The Hall–Kier alpha value is -1.72. The number of aryl methyl sites for hydroxylation is 1. The van der Waals surface area contributed by atoms with Gasteiger partial charge >= 0.3 is 0 Å².